The van der Waals surface area contributed by atoms with Gasteiger partial charge in [-0.3, -0.25) is 0 Å². The van der Waals surface area contributed by atoms with Crippen molar-refractivity contribution in [1.82, 2.24) is 0 Å². The number of rotatable bonds is 1. The van der Waals surface area contributed by atoms with Crippen molar-refractivity contribution in [3.63, 3.8) is 0 Å². The van der Waals surface area contributed by atoms with Crippen molar-refractivity contribution in [3.8, 4) is 0 Å². The predicted octanol–water partition coefficient (Wildman–Crippen LogP) is -1.05. The Morgan fingerprint density at radius 2 is 1.86 bits per heavy atom. The lowest BCUT2D eigenvalue weighted by Gasteiger charge is -2.39. The van der Waals surface area contributed by atoms with E-state index in [2.05, 4.69) is 0 Å². The van der Waals surface area contributed by atoms with Crippen LogP contribution in [0.2, 0.25) is 0 Å². The molecule has 0 heterocycles. The highest BCUT2D eigenvalue weighted by Gasteiger charge is 2.58. The van der Waals surface area contributed by atoms with E-state index in [4.69, 9.17) is 15.3 Å². The number of carboxylic acids is 1. The van der Waals surface area contributed by atoms with Crippen molar-refractivity contribution >= 4 is 5.97 Å². The molecule has 14 heavy (non-hydrogen) atoms. The van der Waals surface area contributed by atoms with E-state index < -0.39 is 42.5 Å². The number of alkyl halides is 2. The highest BCUT2D eigenvalue weighted by Crippen LogP contribution is 2.39. The molecular formula is C7H10F2O5. The number of hydrogen-bond donors (Lipinski definition) is 4. The molecule has 0 aromatic heterocycles. The average molecular weight is 212 g/mol. The van der Waals surface area contributed by atoms with Gasteiger partial charge in [0.1, 0.15) is 6.10 Å². The Bertz CT molecular complexity index is 256. The van der Waals surface area contributed by atoms with Crippen LogP contribution in [0.15, 0.2) is 0 Å². The maximum atomic E-state index is 12.9. The minimum absolute atomic E-state index is 0.806. The summed E-state index contributed by atoms with van der Waals surface area (Å²) in [5.74, 6) is -5.63. The lowest BCUT2D eigenvalue weighted by Crippen LogP contribution is -2.59. The number of carbonyl (C=O) groups is 1. The van der Waals surface area contributed by atoms with Gasteiger partial charge in [-0.2, -0.15) is 0 Å². The van der Waals surface area contributed by atoms with Crippen molar-refractivity contribution in [2.45, 2.75) is 36.6 Å². The van der Waals surface area contributed by atoms with Crippen LogP contribution in [0.5, 0.6) is 0 Å². The lowest BCUT2D eigenvalue weighted by molar-refractivity contribution is -0.230. The summed E-state index contributed by atoms with van der Waals surface area (Å²) in [7, 11) is 0. The third-order valence-corrected chi connectivity index (χ3v) is 2.27. The summed E-state index contributed by atoms with van der Waals surface area (Å²) in [6.07, 6.45) is -6.48. The molecule has 0 aromatic carbocycles. The first kappa shape index (κ1) is 11.3. The fraction of sp³-hybridized carbons (Fsp3) is 0.857. The Labute approximate surface area is 77.6 Å². The molecule has 0 saturated heterocycles. The van der Waals surface area contributed by atoms with E-state index >= 15 is 0 Å². The summed E-state index contributed by atoms with van der Waals surface area (Å²) in [6, 6.07) is 0. The molecule has 0 bridgehead atoms. The number of aliphatic hydroxyl groups excluding tert-OH is 2. The van der Waals surface area contributed by atoms with Gasteiger partial charge in [-0.15, -0.1) is 0 Å². The van der Waals surface area contributed by atoms with Gasteiger partial charge in [-0.25, -0.2) is 13.6 Å². The molecule has 0 spiro atoms. The van der Waals surface area contributed by atoms with Crippen LogP contribution >= 0.6 is 0 Å². The average Bonchev–Trinajstić information content (AvgIpc) is 1.99. The van der Waals surface area contributed by atoms with Crippen LogP contribution in [0.1, 0.15) is 12.8 Å². The topological polar surface area (TPSA) is 98.0 Å². The molecule has 1 aliphatic rings. The van der Waals surface area contributed by atoms with Gasteiger partial charge in [-0.1, -0.05) is 0 Å². The first-order valence-electron chi connectivity index (χ1n) is 3.89. The number of aliphatic hydroxyl groups is 3. The van der Waals surface area contributed by atoms with Crippen LogP contribution in [0, 0.1) is 0 Å². The van der Waals surface area contributed by atoms with Gasteiger partial charge in [0.15, 0.2) is 5.60 Å². The SMILES string of the molecule is O=C(O)C1(O)CC(O)C(O)C(F)(F)C1. The van der Waals surface area contributed by atoms with Gasteiger partial charge < -0.3 is 20.4 Å². The van der Waals surface area contributed by atoms with E-state index in [9.17, 15) is 18.7 Å². The van der Waals surface area contributed by atoms with Crippen molar-refractivity contribution in [3.05, 3.63) is 0 Å². The van der Waals surface area contributed by atoms with Gasteiger partial charge in [0, 0.05) is 6.42 Å². The monoisotopic (exact) mass is 212 g/mol. The molecule has 1 rings (SSSR count). The molecule has 1 saturated carbocycles. The number of hydrogen-bond acceptors (Lipinski definition) is 4. The van der Waals surface area contributed by atoms with E-state index in [1.165, 1.54) is 0 Å². The molecule has 0 radical (unpaired) electrons. The standard InChI is InChI=1S/C7H10F2O5/c8-7(9)2-6(14,5(12)13)1-3(10)4(7)11/h3-4,10-11,14H,1-2H2,(H,12,13). The van der Waals surface area contributed by atoms with Crippen LogP contribution in [0.4, 0.5) is 8.78 Å². The Morgan fingerprint density at radius 3 is 2.21 bits per heavy atom. The molecule has 1 aliphatic carbocycles. The van der Waals surface area contributed by atoms with Gasteiger partial charge in [0.2, 0.25) is 0 Å². The summed E-state index contributed by atoms with van der Waals surface area (Å²) >= 11 is 0. The van der Waals surface area contributed by atoms with Gasteiger partial charge in [0.25, 0.3) is 5.92 Å². The van der Waals surface area contributed by atoms with E-state index in [1.807, 2.05) is 0 Å². The molecule has 0 amide bonds. The third-order valence-electron chi connectivity index (χ3n) is 2.27. The van der Waals surface area contributed by atoms with Crippen molar-refractivity contribution in [2.75, 3.05) is 0 Å². The maximum Gasteiger partial charge on any atom is 0.336 e. The van der Waals surface area contributed by atoms with Crippen molar-refractivity contribution in [1.29, 1.82) is 0 Å². The fourth-order valence-corrected chi connectivity index (χ4v) is 1.47. The molecule has 3 atom stereocenters. The van der Waals surface area contributed by atoms with Crippen molar-refractivity contribution < 1.29 is 34.0 Å². The Hall–Kier alpha value is -0.790. The minimum atomic E-state index is -3.80. The zero-order chi connectivity index (χ0) is 11.1. The molecule has 0 aliphatic heterocycles. The summed E-state index contributed by atoms with van der Waals surface area (Å²) in [5, 5.41) is 35.4. The van der Waals surface area contributed by atoms with E-state index in [-0.39, 0.29) is 0 Å². The molecule has 3 unspecified atom stereocenters. The number of halogens is 2. The fourth-order valence-electron chi connectivity index (χ4n) is 1.47. The van der Waals surface area contributed by atoms with Crippen molar-refractivity contribution in [2.24, 2.45) is 0 Å². The Kier molecular flexibility index (Phi) is 2.51. The quantitative estimate of drug-likeness (QED) is 0.444. The highest BCUT2D eigenvalue weighted by atomic mass is 19.3. The van der Waals surface area contributed by atoms with Crippen LogP contribution in [0.3, 0.4) is 0 Å². The molecule has 7 heteroatoms. The maximum absolute atomic E-state index is 12.9. The van der Waals surface area contributed by atoms with Gasteiger partial charge in [0.05, 0.1) is 12.5 Å². The zero-order valence-corrected chi connectivity index (χ0v) is 7.02. The zero-order valence-electron chi connectivity index (χ0n) is 7.02. The second kappa shape index (κ2) is 3.11. The highest BCUT2D eigenvalue weighted by molar-refractivity contribution is 5.77. The number of aliphatic carboxylic acids is 1. The first-order chi connectivity index (χ1) is 6.19. The second-order valence-electron chi connectivity index (χ2n) is 3.49. The minimum Gasteiger partial charge on any atom is -0.479 e. The molecule has 4 N–H and O–H groups in total. The summed E-state index contributed by atoms with van der Waals surface area (Å²) in [4.78, 5) is 10.4. The van der Waals surface area contributed by atoms with Gasteiger partial charge in [-0.05, 0) is 0 Å². The van der Waals surface area contributed by atoms with Crippen LogP contribution < -0.4 is 0 Å². The third kappa shape index (κ3) is 1.70. The van der Waals surface area contributed by atoms with E-state index in [1.54, 1.807) is 0 Å². The van der Waals surface area contributed by atoms with Crippen LogP contribution in [0.25, 0.3) is 0 Å². The Balaban J connectivity index is 2.94. The summed E-state index contributed by atoms with van der Waals surface area (Å²) < 4.78 is 25.7. The largest absolute Gasteiger partial charge is 0.479 e. The van der Waals surface area contributed by atoms with Crippen LogP contribution in [-0.4, -0.2) is 50.1 Å². The van der Waals surface area contributed by atoms with Gasteiger partial charge >= 0.3 is 5.97 Å². The second-order valence-corrected chi connectivity index (χ2v) is 3.49. The van der Waals surface area contributed by atoms with E-state index in [0.29, 0.717) is 0 Å². The molecule has 0 aromatic rings. The first-order valence-corrected chi connectivity index (χ1v) is 3.89. The summed E-state index contributed by atoms with van der Waals surface area (Å²) in [5.41, 5.74) is -2.68. The lowest BCUT2D eigenvalue weighted by atomic mass is 9.79. The van der Waals surface area contributed by atoms with Crippen LogP contribution in [-0.2, 0) is 4.79 Å². The van der Waals surface area contributed by atoms with E-state index in [0.717, 1.165) is 0 Å². The normalized spacial score (nSPS) is 42.1. The number of carboxylic acid groups (broad SMARTS) is 1. The smallest absolute Gasteiger partial charge is 0.336 e. The molecule has 5 nitrogen and oxygen atoms in total. The predicted molar refractivity (Wildman–Crippen MR) is 38.8 cm³/mol. The Morgan fingerprint density at radius 1 is 1.36 bits per heavy atom. The summed E-state index contributed by atoms with van der Waals surface area (Å²) in [6.45, 7) is 0. The molecule has 82 valence electrons. The molecular weight excluding hydrogens is 202 g/mol. The molecule has 1 fully saturated rings.